The average molecular weight is 1020 g/mol. The number of nitrogens with one attached hydrogen (secondary N) is 2. The Balaban J connectivity index is 0.974. The molecule has 16 nitrogen and oxygen atoms in total. The van der Waals surface area contributed by atoms with Gasteiger partial charge in [0, 0.05) is 93.9 Å². The lowest BCUT2D eigenvalue weighted by Crippen LogP contribution is -2.47. The number of anilines is 2. The van der Waals surface area contributed by atoms with E-state index in [-0.39, 0.29) is 52.6 Å². The van der Waals surface area contributed by atoms with E-state index < -0.39 is 48.6 Å². The number of pyridine rings is 1. The molecule has 0 spiro atoms. The van der Waals surface area contributed by atoms with Crippen molar-refractivity contribution < 1.29 is 50.3 Å². The van der Waals surface area contributed by atoms with Crippen LogP contribution in [0.3, 0.4) is 0 Å². The van der Waals surface area contributed by atoms with Crippen LogP contribution < -0.4 is 15.0 Å². The molecule has 5 aromatic rings. The number of hydrogen-bond acceptors (Lipinski definition) is 13. The first kappa shape index (κ1) is 51.3. The van der Waals surface area contributed by atoms with Crippen LogP contribution in [0.15, 0.2) is 89.6 Å². The monoisotopic (exact) mass is 1020 g/mol. The summed E-state index contributed by atoms with van der Waals surface area (Å²) in [5, 5.41) is 16.0. The Morgan fingerprint density at radius 3 is 2.56 bits per heavy atom. The Kier molecular flexibility index (Phi) is 15.4. The number of aromatic amines is 1. The van der Waals surface area contributed by atoms with Crippen molar-refractivity contribution in [2.45, 2.75) is 56.7 Å². The minimum atomic E-state index is -4.50. The van der Waals surface area contributed by atoms with Gasteiger partial charge in [0.1, 0.15) is 35.2 Å². The minimum Gasteiger partial charge on any atom is -0.455 e. The fourth-order valence-electron chi connectivity index (χ4n) is 9.33. The number of H-pyrrole nitrogens is 1. The summed E-state index contributed by atoms with van der Waals surface area (Å²) >= 11 is 6.54. The molecular formula is C50H55ClF3N7O9S. The molecule has 3 aliphatic rings. The molecule has 2 fully saturated rings. The minimum absolute atomic E-state index is 0.0213. The number of nitro benzene ring substituents is 1. The maximum atomic E-state index is 14.1. The SMILES string of the molecule is COCC(=O)N1CCOC(CCNc2ccc(S(=O)(=O)CC(=O)c3ccc(N4CCN(CC5=C(c6ccc(C(F)(F)F)cc6Cl)CC(C)(C)CC5)CC4)cc3Oc3cnc4[nH]ccc4c3)cc2[N+](=O)[O-])C1. The number of amides is 1. The molecule has 8 rings (SSSR count). The highest BCUT2D eigenvalue weighted by Gasteiger charge is 2.34. The van der Waals surface area contributed by atoms with Crippen molar-refractivity contribution in [2.75, 3.05) is 88.7 Å². The van der Waals surface area contributed by atoms with E-state index in [1.807, 2.05) is 6.07 Å². The molecule has 1 unspecified atom stereocenters. The van der Waals surface area contributed by atoms with Gasteiger partial charge in [-0.2, -0.15) is 13.2 Å². The molecule has 4 heterocycles. The number of nitrogens with zero attached hydrogens (tertiary/aromatic N) is 5. The first-order valence-corrected chi connectivity index (χ1v) is 25.3. The summed E-state index contributed by atoms with van der Waals surface area (Å²) in [6.45, 7) is 8.65. The molecule has 71 heavy (non-hydrogen) atoms. The van der Waals surface area contributed by atoms with E-state index in [0.717, 1.165) is 53.3 Å². The number of Topliss-reactive ketones (excluding diaryl/α,β-unsaturated/α-hetero) is 1. The largest absolute Gasteiger partial charge is 0.455 e. The Hall–Kier alpha value is -6.06. The zero-order valence-electron chi connectivity index (χ0n) is 39.5. The van der Waals surface area contributed by atoms with Gasteiger partial charge in [-0.3, -0.25) is 24.6 Å². The van der Waals surface area contributed by atoms with Crippen LogP contribution in [0.5, 0.6) is 11.5 Å². The smallest absolute Gasteiger partial charge is 0.416 e. The number of benzene rings is 3. The lowest BCUT2D eigenvalue weighted by Gasteiger charge is -2.39. The van der Waals surface area contributed by atoms with Crippen molar-refractivity contribution in [3.05, 3.63) is 117 Å². The second-order valence-electron chi connectivity index (χ2n) is 18.8. The number of alkyl halides is 3. The van der Waals surface area contributed by atoms with Crippen LogP contribution in [-0.2, 0) is 30.3 Å². The maximum Gasteiger partial charge on any atom is 0.416 e. The number of halogens is 4. The van der Waals surface area contributed by atoms with Gasteiger partial charge in [-0.25, -0.2) is 13.4 Å². The van der Waals surface area contributed by atoms with Crippen LogP contribution in [0.25, 0.3) is 16.6 Å². The third kappa shape index (κ3) is 12.3. The predicted molar refractivity (Wildman–Crippen MR) is 263 cm³/mol. The van der Waals surface area contributed by atoms with Gasteiger partial charge in [0.15, 0.2) is 15.6 Å². The number of methoxy groups -OCH3 is 1. The number of allylic oxidation sites excluding steroid dienone is 1. The molecule has 1 aliphatic carbocycles. The molecule has 1 atom stereocenters. The number of fused-ring (bicyclic) bond motifs is 1. The molecule has 2 aliphatic heterocycles. The highest BCUT2D eigenvalue weighted by Crippen LogP contribution is 2.46. The fourth-order valence-corrected chi connectivity index (χ4v) is 10.9. The van der Waals surface area contributed by atoms with Crippen molar-refractivity contribution in [3.63, 3.8) is 0 Å². The van der Waals surface area contributed by atoms with E-state index in [1.54, 1.807) is 29.3 Å². The molecule has 0 bridgehead atoms. The van der Waals surface area contributed by atoms with Crippen molar-refractivity contribution in [2.24, 2.45) is 5.41 Å². The van der Waals surface area contributed by atoms with E-state index in [4.69, 9.17) is 25.8 Å². The molecule has 0 saturated carbocycles. The Labute approximate surface area is 414 Å². The summed E-state index contributed by atoms with van der Waals surface area (Å²) in [6.07, 6.45) is 1.17. The number of aromatic nitrogens is 2. The van der Waals surface area contributed by atoms with Crippen LogP contribution in [0.2, 0.25) is 5.02 Å². The van der Waals surface area contributed by atoms with Gasteiger partial charge in [-0.1, -0.05) is 37.1 Å². The third-order valence-corrected chi connectivity index (χ3v) is 15.1. The number of morpholine rings is 1. The molecule has 2 aromatic heterocycles. The van der Waals surface area contributed by atoms with Gasteiger partial charge in [-0.05, 0) is 90.8 Å². The summed E-state index contributed by atoms with van der Waals surface area (Å²) in [4.78, 5) is 51.0. The average Bonchev–Trinajstić information content (AvgIpc) is 3.80. The molecular weight excluding hydrogens is 967 g/mol. The number of ether oxygens (including phenoxy) is 3. The Morgan fingerprint density at radius 1 is 1.04 bits per heavy atom. The fraction of sp³-hybridized carbons (Fsp3) is 0.420. The van der Waals surface area contributed by atoms with Gasteiger partial charge in [-0.15, -0.1) is 0 Å². The van der Waals surface area contributed by atoms with Crippen LogP contribution in [0, 0.1) is 15.5 Å². The van der Waals surface area contributed by atoms with Crippen LogP contribution in [-0.4, -0.2) is 129 Å². The van der Waals surface area contributed by atoms with E-state index >= 15 is 0 Å². The van der Waals surface area contributed by atoms with Crippen LogP contribution in [0.1, 0.15) is 61.0 Å². The normalized spacial score (nSPS) is 17.9. The highest BCUT2D eigenvalue weighted by atomic mass is 35.5. The van der Waals surface area contributed by atoms with Crippen molar-refractivity contribution in [1.82, 2.24) is 19.8 Å². The van der Waals surface area contributed by atoms with Crippen LogP contribution in [0.4, 0.5) is 30.2 Å². The number of nitro groups is 1. The van der Waals surface area contributed by atoms with Crippen LogP contribution >= 0.6 is 11.6 Å². The second-order valence-corrected chi connectivity index (χ2v) is 21.2. The van der Waals surface area contributed by atoms with E-state index in [1.165, 1.54) is 37.6 Å². The molecule has 3 aromatic carbocycles. The van der Waals surface area contributed by atoms with E-state index in [9.17, 15) is 41.3 Å². The molecule has 2 N–H and O–H groups in total. The Morgan fingerprint density at radius 2 is 1.83 bits per heavy atom. The molecule has 1 amide bonds. The number of rotatable bonds is 17. The molecule has 2 saturated heterocycles. The maximum absolute atomic E-state index is 14.1. The first-order valence-electron chi connectivity index (χ1n) is 23.2. The molecule has 21 heteroatoms. The van der Waals surface area contributed by atoms with Crippen molar-refractivity contribution in [1.29, 1.82) is 0 Å². The zero-order chi connectivity index (χ0) is 50.7. The number of carbonyl (C=O) groups excluding carboxylic acids is 2. The van der Waals surface area contributed by atoms with Crippen molar-refractivity contribution >= 4 is 66.8 Å². The number of hydrogen-bond donors (Lipinski definition) is 2. The summed E-state index contributed by atoms with van der Waals surface area (Å²) in [7, 11) is -2.99. The van der Waals surface area contributed by atoms with Gasteiger partial charge in [0.25, 0.3) is 5.69 Å². The summed E-state index contributed by atoms with van der Waals surface area (Å²) in [5.41, 5.74) is 2.80. The van der Waals surface area contributed by atoms with Gasteiger partial charge in [0.05, 0.1) is 39.9 Å². The lowest BCUT2D eigenvalue weighted by atomic mass is 9.72. The van der Waals surface area contributed by atoms with Gasteiger partial charge >= 0.3 is 6.18 Å². The molecule has 378 valence electrons. The van der Waals surface area contributed by atoms with Gasteiger partial charge in [0.2, 0.25) is 5.91 Å². The summed E-state index contributed by atoms with van der Waals surface area (Å²) in [6, 6.07) is 15.5. The number of ketones is 1. The van der Waals surface area contributed by atoms with Gasteiger partial charge < -0.3 is 34.3 Å². The quantitative estimate of drug-likeness (QED) is 0.0510. The van der Waals surface area contributed by atoms with E-state index in [2.05, 4.69) is 38.9 Å². The predicted octanol–water partition coefficient (Wildman–Crippen LogP) is 9.05. The third-order valence-electron chi connectivity index (χ3n) is 13.2. The summed E-state index contributed by atoms with van der Waals surface area (Å²) < 4.78 is 85.4. The number of carbonyl (C=O) groups is 2. The second kappa shape index (κ2) is 21.3. The molecule has 0 radical (unpaired) electrons. The van der Waals surface area contributed by atoms with E-state index in [0.29, 0.717) is 82.2 Å². The number of piperazine rings is 1. The standard InChI is InChI=1S/C50H55ClF3N7O9S/c1-49(2)13-10-33(41(26-49)39-7-4-34(23-42(39)51)50(52,53)54)28-58-16-18-59(19-17-58)35-5-8-40(46(24-35)70-37-22-32-11-14-56-48(32)57-27-37)45(62)31-71(66,67)38-6-9-43(44(25-38)61(64)65)55-15-12-36-29-60(20-21-69-36)47(63)30-68-3/h4-9,11,14,22-25,27,36,55H,10,12-13,15-21,26,28-31H2,1-3H3,(H,56,57). The lowest BCUT2D eigenvalue weighted by molar-refractivity contribution is -0.384. The Bertz CT molecular complexity index is 2960. The number of sulfone groups is 1. The zero-order valence-corrected chi connectivity index (χ0v) is 41.1. The topological polar surface area (TPSA) is 190 Å². The highest BCUT2D eigenvalue weighted by molar-refractivity contribution is 7.92. The van der Waals surface area contributed by atoms with Crippen molar-refractivity contribution in [3.8, 4) is 11.5 Å². The summed E-state index contributed by atoms with van der Waals surface area (Å²) in [5.74, 6) is -1.58. The first-order chi connectivity index (χ1) is 33.8.